The van der Waals surface area contributed by atoms with Gasteiger partial charge in [0, 0.05) is 5.69 Å². The highest BCUT2D eigenvalue weighted by molar-refractivity contribution is 6.03. The second kappa shape index (κ2) is 8.44. The quantitative estimate of drug-likeness (QED) is 0.567. The zero-order valence-electron chi connectivity index (χ0n) is 17.2. The fraction of sp³-hybridized carbons (Fsp3) is 0.238. The maximum atomic E-state index is 12.5. The zero-order valence-corrected chi connectivity index (χ0v) is 17.2. The molecule has 0 amide bonds. The van der Waals surface area contributed by atoms with E-state index in [1.807, 2.05) is 24.3 Å². The van der Waals surface area contributed by atoms with Crippen LogP contribution in [0.2, 0.25) is 0 Å². The van der Waals surface area contributed by atoms with Crippen LogP contribution in [0, 0.1) is 0 Å². The van der Waals surface area contributed by atoms with Gasteiger partial charge in [-0.1, -0.05) is 0 Å². The van der Waals surface area contributed by atoms with Crippen molar-refractivity contribution in [3.05, 3.63) is 53.7 Å². The Morgan fingerprint density at radius 2 is 1.58 bits per heavy atom. The van der Waals surface area contributed by atoms with Gasteiger partial charge >= 0.3 is 11.9 Å². The first-order valence-electron chi connectivity index (χ1n) is 9.32. The standard InChI is InChI=1S/C21H20N4O6/c1-28-15-7-4-13(5-8-15)25-22-17-9-6-14(10-18(17)23-25)24-12-31-11-16(20(26)29-2)19(24)21(27)30-3/h4-10H,11-12H2,1-3H3. The van der Waals surface area contributed by atoms with Crippen LogP contribution in [0.4, 0.5) is 5.69 Å². The van der Waals surface area contributed by atoms with Crippen LogP contribution in [0.3, 0.4) is 0 Å². The average Bonchev–Trinajstić information content (AvgIpc) is 3.26. The maximum Gasteiger partial charge on any atom is 0.355 e. The van der Waals surface area contributed by atoms with Crippen molar-refractivity contribution in [1.29, 1.82) is 0 Å². The average molecular weight is 424 g/mol. The largest absolute Gasteiger partial charge is 0.497 e. The molecule has 0 saturated carbocycles. The van der Waals surface area contributed by atoms with E-state index in [1.165, 1.54) is 19.0 Å². The van der Waals surface area contributed by atoms with Gasteiger partial charge in [-0.05, 0) is 42.5 Å². The molecule has 0 unspecified atom stereocenters. The highest BCUT2D eigenvalue weighted by Crippen LogP contribution is 2.29. The number of rotatable bonds is 5. The third-order valence-corrected chi connectivity index (χ3v) is 4.81. The Morgan fingerprint density at radius 3 is 2.26 bits per heavy atom. The van der Waals surface area contributed by atoms with E-state index in [1.54, 1.807) is 30.2 Å². The first-order valence-corrected chi connectivity index (χ1v) is 9.32. The van der Waals surface area contributed by atoms with Gasteiger partial charge in [0.25, 0.3) is 0 Å². The van der Waals surface area contributed by atoms with Crippen LogP contribution in [-0.2, 0) is 23.8 Å². The SMILES string of the molecule is COC(=O)C1=C(C(=O)OC)N(c2ccc3nn(-c4ccc(OC)cc4)nc3c2)COC1. The summed E-state index contributed by atoms with van der Waals surface area (Å²) >= 11 is 0. The van der Waals surface area contributed by atoms with Crippen LogP contribution in [0.5, 0.6) is 5.75 Å². The van der Waals surface area contributed by atoms with Crippen molar-refractivity contribution >= 4 is 28.7 Å². The summed E-state index contributed by atoms with van der Waals surface area (Å²) in [4.78, 5) is 27.7. The van der Waals surface area contributed by atoms with Crippen molar-refractivity contribution in [3.63, 3.8) is 0 Å². The minimum atomic E-state index is -0.661. The van der Waals surface area contributed by atoms with Crippen LogP contribution >= 0.6 is 0 Å². The number of nitrogens with zero attached hydrogens (tertiary/aromatic N) is 4. The molecular formula is C21H20N4O6. The molecule has 0 atom stereocenters. The lowest BCUT2D eigenvalue weighted by molar-refractivity contribution is -0.140. The molecule has 1 aliphatic rings. The Hall–Kier alpha value is -3.92. The highest BCUT2D eigenvalue weighted by atomic mass is 16.5. The second-order valence-corrected chi connectivity index (χ2v) is 6.58. The Balaban J connectivity index is 1.74. The van der Waals surface area contributed by atoms with Crippen LogP contribution in [0.1, 0.15) is 0 Å². The number of ether oxygens (including phenoxy) is 4. The number of methoxy groups -OCH3 is 3. The molecule has 0 radical (unpaired) electrons. The molecule has 0 aliphatic carbocycles. The smallest absolute Gasteiger partial charge is 0.355 e. The molecule has 2 aromatic carbocycles. The zero-order chi connectivity index (χ0) is 22.0. The van der Waals surface area contributed by atoms with Gasteiger partial charge in [-0.15, -0.1) is 10.2 Å². The van der Waals surface area contributed by atoms with E-state index in [0.29, 0.717) is 16.7 Å². The Kier molecular flexibility index (Phi) is 5.54. The topological polar surface area (TPSA) is 105 Å². The Labute approximate surface area is 177 Å². The van der Waals surface area contributed by atoms with E-state index in [9.17, 15) is 9.59 Å². The molecule has 0 spiro atoms. The molecule has 31 heavy (non-hydrogen) atoms. The minimum Gasteiger partial charge on any atom is -0.497 e. The van der Waals surface area contributed by atoms with Gasteiger partial charge in [-0.2, -0.15) is 4.80 Å². The van der Waals surface area contributed by atoms with E-state index in [0.717, 1.165) is 11.4 Å². The van der Waals surface area contributed by atoms with E-state index in [2.05, 4.69) is 10.2 Å². The Morgan fingerprint density at radius 1 is 0.903 bits per heavy atom. The molecular weight excluding hydrogens is 404 g/mol. The van der Waals surface area contributed by atoms with E-state index >= 15 is 0 Å². The number of carbonyl (C=O) groups is 2. The third-order valence-electron chi connectivity index (χ3n) is 4.81. The highest BCUT2D eigenvalue weighted by Gasteiger charge is 2.32. The summed E-state index contributed by atoms with van der Waals surface area (Å²) in [6, 6.07) is 12.6. The second-order valence-electron chi connectivity index (χ2n) is 6.58. The molecule has 10 nitrogen and oxygen atoms in total. The number of hydrogen-bond acceptors (Lipinski definition) is 9. The molecule has 2 heterocycles. The van der Waals surface area contributed by atoms with Gasteiger partial charge in [-0.25, -0.2) is 9.59 Å². The molecule has 0 fully saturated rings. The van der Waals surface area contributed by atoms with Gasteiger partial charge in [0.15, 0.2) is 0 Å². The summed E-state index contributed by atoms with van der Waals surface area (Å²) < 4.78 is 20.4. The molecule has 0 N–H and O–H groups in total. The van der Waals surface area contributed by atoms with Crippen LogP contribution in [0.15, 0.2) is 53.7 Å². The summed E-state index contributed by atoms with van der Waals surface area (Å²) in [5, 5.41) is 9.02. The lowest BCUT2D eigenvalue weighted by Gasteiger charge is -2.31. The normalized spacial score (nSPS) is 14.0. The fourth-order valence-corrected chi connectivity index (χ4v) is 3.25. The van der Waals surface area contributed by atoms with Gasteiger partial charge < -0.3 is 23.8 Å². The Bertz CT molecular complexity index is 1170. The number of anilines is 1. The number of esters is 2. The van der Waals surface area contributed by atoms with Crippen molar-refractivity contribution in [2.24, 2.45) is 0 Å². The van der Waals surface area contributed by atoms with Gasteiger partial charge in [0.05, 0.1) is 39.2 Å². The molecule has 1 aliphatic heterocycles. The number of benzene rings is 2. The summed E-state index contributed by atoms with van der Waals surface area (Å²) in [7, 11) is 4.10. The molecule has 4 rings (SSSR count). The number of aromatic nitrogens is 3. The first kappa shape index (κ1) is 20.4. The third kappa shape index (κ3) is 3.80. The van der Waals surface area contributed by atoms with Crippen LogP contribution in [0.25, 0.3) is 16.7 Å². The van der Waals surface area contributed by atoms with Crippen molar-refractivity contribution in [2.45, 2.75) is 0 Å². The number of hydrogen-bond donors (Lipinski definition) is 0. The van der Waals surface area contributed by atoms with E-state index in [-0.39, 0.29) is 24.6 Å². The maximum absolute atomic E-state index is 12.5. The molecule has 10 heteroatoms. The van der Waals surface area contributed by atoms with Gasteiger partial charge in [-0.3, -0.25) is 0 Å². The monoisotopic (exact) mass is 424 g/mol. The molecule has 1 aromatic heterocycles. The molecule has 160 valence electrons. The molecule has 3 aromatic rings. The summed E-state index contributed by atoms with van der Waals surface area (Å²) in [5.41, 5.74) is 2.78. The van der Waals surface area contributed by atoms with Crippen molar-refractivity contribution in [1.82, 2.24) is 15.0 Å². The van der Waals surface area contributed by atoms with Gasteiger partial charge in [0.1, 0.15) is 29.2 Å². The predicted molar refractivity (Wildman–Crippen MR) is 110 cm³/mol. The summed E-state index contributed by atoms with van der Waals surface area (Å²) in [6.07, 6.45) is 0. The van der Waals surface area contributed by atoms with Crippen molar-refractivity contribution in [2.75, 3.05) is 39.6 Å². The van der Waals surface area contributed by atoms with E-state index < -0.39 is 11.9 Å². The first-order chi connectivity index (χ1) is 15.0. The fourth-order valence-electron chi connectivity index (χ4n) is 3.25. The lowest BCUT2D eigenvalue weighted by atomic mass is 10.1. The van der Waals surface area contributed by atoms with Crippen LogP contribution < -0.4 is 9.64 Å². The summed E-state index contributed by atoms with van der Waals surface area (Å²) in [6.45, 7) is 0.00650. The lowest BCUT2D eigenvalue weighted by Crippen LogP contribution is -2.38. The molecule has 0 bridgehead atoms. The van der Waals surface area contributed by atoms with E-state index in [4.69, 9.17) is 18.9 Å². The minimum absolute atomic E-state index is 0.0521. The van der Waals surface area contributed by atoms with Crippen molar-refractivity contribution in [3.8, 4) is 11.4 Å². The van der Waals surface area contributed by atoms with Gasteiger partial charge in [0.2, 0.25) is 0 Å². The predicted octanol–water partition coefficient (Wildman–Crippen LogP) is 1.82. The number of carbonyl (C=O) groups excluding carboxylic acids is 2. The number of fused-ring (bicyclic) bond motifs is 1. The van der Waals surface area contributed by atoms with Crippen LogP contribution in [-0.4, -0.2) is 61.6 Å². The summed E-state index contributed by atoms with van der Waals surface area (Å²) in [5.74, 6) is -0.585. The van der Waals surface area contributed by atoms with Crippen molar-refractivity contribution < 1.29 is 28.5 Å². The molecule has 0 saturated heterocycles.